The molecular formula is C16H9ClN4O4S. The second-order valence-corrected chi connectivity index (χ2v) is 6.66. The predicted molar refractivity (Wildman–Crippen MR) is 93.9 cm³/mol. The van der Waals surface area contributed by atoms with Crippen molar-refractivity contribution in [2.75, 3.05) is 0 Å². The van der Waals surface area contributed by atoms with Gasteiger partial charge in [0.05, 0.1) is 11.1 Å². The molecule has 4 aromatic rings. The Hall–Kier alpha value is -3.04. The molecule has 0 fully saturated rings. The summed E-state index contributed by atoms with van der Waals surface area (Å²) in [5.74, 6) is 0.266. The second-order valence-electron chi connectivity index (χ2n) is 5.36. The highest BCUT2D eigenvalue weighted by Gasteiger charge is 2.22. The lowest BCUT2D eigenvalue weighted by molar-refractivity contribution is 0.104. The van der Waals surface area contributed by atoms with Gasteiger partial charge in [-0.3, -0.25) is 9.36 Å². The van der Waals surface area contributed by atoms with Crippen molar-refractivity contribution in [2.24, 2.45) is 0 Å². The summed E-state index contributed by atoms with van der Waals surface area (Å²) in [6.07, 6.45) is 0.0732. The lowest BCUT2D eigenvalue weighted by Crippen LogP contribution is -2.06. The van der Waals surface area contributed by atoms with E-state index in [0.29, 0.717) is 27.5 Å². The van der Waals surface area contributed by atoms with Crippen LogP contribution >= 0.6 is 22.9 Å². The Morgan fingerprint density at radius 2 is 2.12 bits per heavy atom. The van der Waals surface area contributed by atoms with Gasteiger partial charge in [0.1, 0.15) is 5.69 Å². The molecule has 4 rings (SSSR count). The summed E-state index contributed by atoms with van der Waals surface area (Å²) in [4.78, 5) is 32.7. The molecule has 0 bridgehead atoms. The highest BCUT2D eigenvalue weighted by atomic mass is 35.5. The molecule has 0 unspecified atom stereocenters. The Balaban J connectivity index is 1.80. The van der Waals surface area contributed by atoms with Crippen molar-refractivity contribution in [2.45, 2.75) is 6.92 Å². The van der Waals surface area contributed by atoms with E-state index in [4.69, 9.17) is 16.1 Å². The van der Waals surface area contributed by atoms with Gasteiger partial charge in [-0.15, -0.1) is 11.3 Å². The van der Waals surface area contributed by atoms with Gasteiger partial charge < -0.3 is 9.63 Å². The number of rotatable bonds is 3. The maximum Gasteiger partial charge on any atom is 0.416 e. The Morgan fingerprint density at radius 1 is 1.31 bits per heavy atom. The zero-order valence-corrected chi connectivity index (χ0v) is 14.7. The minimum atomic E-state index is -1.20. The molecule has 0 saturated carbocycles. The number of carbonyl (C=O) groups excluding carboxylic acids is 1. The van der Waals surface area contributed by atoms with Crippen LogP contribution in [0.2, 0.25) is 5.02 Å². The third kappa shape index (κ3) is 2.67. The summed E-state index contributed by atoms with van der Waals surface area (Å²) in [5.41, 5.74) is 0.987. The average Bonchev–Trinajstić information content (AvgIpc) is 3.31. The number of aryl methyl sites for hydroxylation is 1. The second kappa shape index (κ2) is 6.04. The molecule has 0 aliphatic rings. The van der Waals surface area contributed by atoms with E-state index in [1.165, 1.54) is 6.20 Å². The molecule has 0 amide bonds. The summed E-state index contributed by atoms with van der Waals surface area (Å²) >= 11 is 7.12. The zero-order valence-electron chi connectivity index (χ0n) is 13.1. The molecule has 3 heterocycles. The molecule has 0 spiro atoms. The van der Waals surface area contributed by atoms with Crippen LogP contribution in [0.3, 0.4) is 0 Å². The van der Waals surface area contributed by atoms with Crippen molar-refractivity contribution in [3.05, 3.63) is 51.3 Å². The van der Waals surface area contributed by atoms with Gasteiger partial charge in [-0.1, -0.05) is 16.8 Å². The van der Waals surface area contributed by atoms with Gasteiger partial charge in [0, 0.05) is 28.9 Å². The molecule has 26 heavy (non-hydrogen) atoms. The number of thiazole rings is 1. The largest absolute Gasteiger partial charge is 0.464 e. The normalized spacial score (nSPS) is 11.2. The fraction of sp³-hybridized carbons (Fsp3) is 0.0625. The molecule has 1 aromatic carbocycles. The van der Waals surface area contributed by atoms with Crippen LogP contribution < -0.4 is 0 Å². The van der Waals surface area contributed by atoms with Gasteiger partial charge in [0.15, 0.2) is 5.01 Å². The van der Waals surface area contributed by atoms with E-state index in [0.717, 1.165) is 15.9 Å². The molecule has 3 aromatic heterocycles. The lowest BCUT2D eigenvalue weighted by atomic mass is 10.1. The quantitative estimate of drug-likeness (QED) is 0.530. The Kier molecular flexibility index (Phi) is 3.82. The minimum absolute atomic E-state index is 0.187. The third-order valence-electron chi connectivity index (χ3n) is 3.67. The number of hydrogen-bond acceptors (Lipinski definition) is 7. The van der Waals surface area contributed by atoms with E-state index >= 15 is 0 Å². The van der Waals surface area contributed by atoms with Gasteiger partial charge in [0.2, 0.25) is 17.5 Å². The van der Waals surface area contributed by atoms with E-state index < -0.39 is 11.9 Å². The van der Waals surface area contributed by atoms with Crippen LogP contribution in [-0.2, 0) is 0 Å². The molecule has 1 N–H and O–H groups in total. The average molecular weight is 389 g/mol. The Labute approximate surface area is 154 Å². The van der Waals surface area contributed by atoms with Crippen LogP contribution in [0.25, 0.3) is 22.4 Å². The fourth-order valence-corrected chi connectivity index (χ4v) is 3.46. The summed E-state index contributed by atoms with van der Waals surface area (Å²) in [6, 6.07) is 4.68. The number of fused-ring (bicyclic) bond motifs is 1. The Bertz CT molecular complexity index is 1180. The lowest BCUT2D eigenvalue weighted by Gasteiger charge is -1.97. The Morgan fingerprint density at radius 3 is 2.81 bits per heavy atom. The zero-order chi connectivity index (χ0) is 18.4. The molecule has 0 atom stereocenters. The van der Waals surface area contributed by atoms with E-state index in [1.54, 1.807) is 30.5 Å². The van der Waals surface area contributed by atoms with Crippen molar-refractivity contribution in [1.29, 1.82) is 0 Å². The molecule has 10 heteroatoms. The molecule has 0 aliphatic heterocycles. The van der Waals surface area contributed by atoms with Crippen molar-refractivity contribution in [3.63, 3.8) is 0 Å². The van der Waals surface area contributed by atoms with Crippen LogP contribution in [0.4, 0.5) is 4.79 Å². The monoisotopic (exact) mass is 388 g/mol. The van der Waals surface area contributed by atoms with Gasteiger partial charge >= 0.3 is 6.09 Å². The van der Waals surface area contributed by atoms with Gasteiger partial charge in [-0.05, 0) is 18.2 Å². The first kappa shape index (κ1) is 16.4. The number of ketones is 1. The topological polar surface area (TPSA) is 111 Å². The highest BCUT2D eigenvalue weighted by molar-refractivity contribution is 7.12. The van der Waals surface area contributed by atoms with Crippen LogP contribution in [0.5, 0.6) is 0 Å². The summed E-state index contributed by atoms with van der Waals surface area (Å²) in [7, 11) is 0. The summed E-state index contributed by atoms with van der Waals surface area (Å²) < 4.78 is 5.89. The first-order valence-corrected chi connectivity index (χ1v) is 8.54. The first-order chi connectivity index (χ1) is 12.4. The van der Waals surface area contributed by atoms with E-state index in [9.17, 15) is 14.7 Å². The van der Waals surface area contributed by atoms with Crippen molar-refractivity contribution >= 4 is 45.7 Å². The molecule has 0 aliphatic carbocycles. The number of aromatic nitrogens is 4. The van der Waals surface area contributed by atoms with E-state index in [1.807, 2.05) is 0 Å². The summed E-state index contributed by atoms with van der Waals surface area (Å²) in [5, 5.41) is 15.8. The van der Waals surface area contributed by atoms with Crippen molar-refractivity contribution < 1.29 is 19.2 Å². The van der Waals surface area contributed by atoms with Gasteiger partial charge in [-0.2, -0.15) is 4.98 Å². The minimum Gasteiger partial charge on any atom is -0.464 e. The van der Waals surface area contributed by atoms with Gasteiger partial charge in [-0.25, -0.2) is 9.78 Å². The number of nitrogens with zero attached hydrogens (tertiary/aromatic N) is 4. The van der Waals surface area contributed by atoms with Crippen LogP contribution in [-0.4, -0.2) is 36.7 Å². The smallest absolute Gasteiger partial charge is 0.416 e. The van der Waals surface area contributed by atoms with Crippen LogP contribution in [0, 0.1) is 6.92 Å². The number of carbonyl (C=O) groups is 2. The predicted octanol–water partition coefficient (Wildman–Crippen LogP) is 3.87. The molecule has 8 nitrogen and oxygen atoms in total. The number of hydrogen-bond donors (Lipinski definition) is 1. The number of carboxylic acid groups (broad SMARTS) is 1. The van der Waals surface area contributed by atoms with Gasteiger partial charge in [0.25, 0.3) is 0 Å². The van der Waals surface area contributed by atoms with Crippen molar-refractivity contribution in [3.8, 4) is 11.5 Å². The number of halogens is 1. The standard InChI is InChI=1S/C16H9ClN4O4S/c1-7-18-14(20-25-7)11-6-26-15(19-11)13(22)10-5-21(16(23)24)12-3-2-8(17)4-9(10)12/h2-6H,1H3,(H,23,24). The fourth-order valence-electron chi connectivity index (χ4n) is 2.54. The van der Waals surface area contributed by atoms with Crippen molar-refractivity contribution in [1.82, 2.24) is 19.7 Å². The SMILES string of the molecule is Cc1nc(-c2csc(C(=O)c3cn(C(=O)O)c4ccc(Cl)cc34)n2)no1. The third-order valence-corrected chi connectivity index (χ3v) is 4.75. The van der Waals surface area contributed by atoms with E-state index in [-0.39, 0.29) is 16.4 Å². The first-order valence-electron chi connectivity index (χ1n) is 7.29. The summed E-state index contributed by atoms with van der Waals surface area (Å²) in [6.45, 7) is 1.65. The maximum absolute atomic E-state index is 12.9. The number of benzene rings is 1. The molecule has 130 valence electrons. The van der Waals surface area contributed by atoms with E-state index in [2.05, 4.69) is 15.1 Å². The van der Waals surface area contributed by atoms with Crippen LogP contribution in [0.15, 0.2) is 34.3 Å². The highest BCUT2D eigenvalue weighted by Crippen LogP contribution is 2.28. The molecule has 0 saturated heterocycles. The van der Waals surface area contributed by atoms with Crippen LogP contribution in [0.1, 0.15) is 21.3 Å². The molecule has 0 radical (unpaired) electrons. The maximum atomic E-state index is 12.9. The molecular weight excluding hydrogens is 380 g/mol.